The van der Waals surface area contributed by atoms with Gasteiger partial charge in [-0.05, 0) is 35.0 Å². The maximum Gasteiger partial charge on any atom is 0.135 e. The standard InChI is InChI=1S/C17H13N3O/c1(2-9-16-10-3-4-11-18-16)6-14-7-5-8-15(12-14)17-13-19-21-20-17/h1-13H. The maximum atomic E-state index is 4.62. The van der Waals surface area contributed by atoms with E-state index in [0.29, 0.717) is 0 Å². The SMILES string of the molecule is C(C=Cc1ccccn1)=Cc1cccc(-c2cnon2)c1. The highest BCUT2D eigenvalue weighted by Crippen LogP contribution is 2.18. The average Bonchev–Trinajstić information content (AvgIpc) is 3.07. The van der Waals surface area contributed by atoms with Gasteiger partial charge in [0.2, 0.25) is 0 Å². The third-order valence-electron chi connectivity index (χ3n) is 2.90. The van der Waals surface area contributed by atoms with Crippen molar-refractivity contribution < 1.29 is 4.63 Å². The van der Waals surface area contributed by atoms with Crippen LogP contribution >= 0.6 is 0 Å². The molecule has 4 nitrogen and oxygen atoms in total. The van der Waals surface area contributed by atoms with Crippen LogP contribution in [0.15, 0.2) is 71.6 Å². The molecule has 0 unspecified atom stereocenters. The van der Waals surface area contributed by atoms with Crippen LogP contribution in [0.3, 0.4) is 0 Å². The van der Waals surface area contributed by atoms with E-state index in [9.17, 15) is 0 Å². The number of nitrogens with zero attached hydrogens (tertiary/aromatic N) is 3. The van der Waals surface area contributed by atoms with Gasteiger partial charge in [-0.25, -0.2) is 4.63 Å². The number of hydrogen-bond donors (Lipinski definition) is 0. The zero-order chi connectivity index (χ0) is 14.3. The van der Waals surface area contributed by atoms with Crippen LogP contribution in [0.1, 0.15) is 11.3 Å². The Morgan fingerprint density at radius 2 is 1.90 bits per heavy atom. The molecule has 0 atom stereocenters. The Labute approximate surface area is 122 Å². The molecule has 0 aliphatic carbocycles. The van der Waals surface area contributed by atoms with Gasteiger partial charge >= 0.3 is 0 Å². The van der Waals surface area contributed by atoms with Gasteiger partial charge in [0.25, 0.3) is 0 Å². The number of aromatic nitrogens is 3. The molecule has 1 aromatic carbocycles. The monoisotopic (exact) mass is 275 g/mol. The normalized spacial score (nSPS) is 11.4. The predicted octanol–water partition coefficient (Wildman–Crippen LogP) is 3.86. The fraction of sp³-hybridized carbons (Fsp3) is 0. The lowest BCUT2D eigenvalue weighted by atomic mass is 10.1. The molecule has 3 rings (SSSR count). The Hall–Kier alpha value is -3.01. The third kappa shape index (κ3) is 3.51. The topological polar surface area (TPSA) is 51.8 Å². The minimum Gasteiger partial charge on any atom is -0.257 e. The van der Waals surface area contributed by atoms with Crippen molar-refractivity contribution in [2.45, 2.75) is 0 Å². The lowest BCUT2D eigenvalue weighted by Gasteiger charge is -1.97. The zero-order valence-corrected chi connectivity index (χ0v) is 11.3. The van der Waals surface area contributed by atoms with Crippen molar-refractivity contribution in [3.05, 3.63) is 78.3 Å². The number of rotatable bonds is 4. The van der Waals surface area contributed by atoms with E-state index in [0.717, 1.165) is 22.5 Å². The quantitative estimate of drug-likeness (QED) is 0.678. The summed E-state index contributed by atoms with van der Waals surface area (Å²) in [4.78, 5) is 4.22. The Morgan fingerprint density at radius 3 is 2.71 bits per heavy atom. The van der Waals surface area contributed by atoms with E-state index >= 15 is 0 Å². The third-order valence-corrected chi connectivity index (χ3v) is 2.90. The van der Waals surface area contributed by atoms with Crippen molar-refractivity contribution in [1.29, 1.82) is 0 Å². The fourth-order valence-corrected chi connectivity index (χ4v) is 1.89. The smallest absolute Gasteiger partial charge is 0.135 e. The summed E-state index contributed by atoms with van der Waals surface area (Å²) in [5.74, 6) is 0. The second-order valence-electron chi connectivity index (χ2n) is 4.39. The largest absolute Gasteiger partial charge is 0.257 e. The zero-order valence-electron chi connectivity index (χ0n) is 11.3. The molecular formula is C17H13N3O. The molecule has 0 spiro atoms. The van der Waals surface area contributed by atoms with Gasteiger partial charge < -0.3 is 0 Å². The minimum atomic E-state index is 0.731. The average molecular weight is 275 g/mol. The summed E-state index contributed by atoms with van der Waals surface area (Å²) < 4.78 is 4.62. The van der Waals surface area contributed by atoms with Gasteiger partial charge in [0.15, 0.2) is 0 Å². The van der Waals surface area contributed by atoms with E-state index in [1.54, 1.807) is 12.4 Å². The first-order valence-corrected chi connectivity index (χ1v) is 6.55. The van der Waals surface area contributed by atoms with Gasteiger partial charge in [-0.15, -0.1) is 0 Å². The number of hydrogen-bond acceptors (Lipinski definition) is 4. The highest BCUT2D eigenvalue weighted by molar-refractivity contribution is 5.64. The Balaban J connectivity index is 1.72. The molecule has 0 N–H and O–H groups in total. The molecule has 0 bridgehead atoms. The van der Waals surface area contributed by atoms with Crippen molar-refractivity contribution in [2.24, 2.45) is 0 Å². The second-order valence-corrected chi connectivity index (χ2v) is 4.39. The van der Waals surface area contributed by atoms with Gasteiger partial charge in [0.05, 0.1) is 11.9 Å². The number of pyridine rings is 1. The van der Waals surface area contributed by atoms with Gasteiger partial charge in [0.1, 0.15) is 5.69 Å². The Morgan fingerprint density at radius 1 is 0.952 bits per heavy atom. The van der Waals surface area contributed by atoms with E-state index in [2.05, 4.69) is 19.9 Å². The van der Waals surface area contributed by atoms with Crippen molar-refractivity contribution in [1.82, 2.24) is 15.3 Å². The molecule has 0 amide bonds. The van der Waals surface area contributed by atoms with Gasteiger partial charge in [0, 0.05) is 11.8 Å². The second kappa shape index (κ2) is 6.43. The first-order chi connectivity index (χ1) is 10.4. The summed E-state index contributed by atoms with van der Waals surface area (Å²) in [6.07, 6.45) is 11.3. The fourth-order valence-electron chi connectivity index (χ4n) is 1.89. The van der Waals surface area contributed by atoms with E-state index in [4.69, 9.17) is 0 Å². The first-order valence-electron chi connectivity index (χ1n) is 6.55. The highest BCUT2D eigenvalue weighted by atomic mass is 16.6. The van der Waals surface area contributed by atoms with Gasteiger partial charge in [-0.1, -0.05) is 47.7 Å². The van der Waals surface area contributed by atoms with Gasteiger partial charge in [-0.2, -0.15) is 0 Å². The van der Waals surface area contributed by atoms with Crippen LogP contribution in [-0.4, -0.2) is 15.3 Å². The van der Waals surface area contributed by atoms with Crippen molar-refractivity contribution >= 4 is 12.2 Å². The summed E-state index contributed by atoms with van der Waals surface area (Å²) in [6.45, 7) is 0. The molecule has 0 aliphatic heterocycles. The Kier molecular flexibility index (Phi) is 3.98. The molecule has 2 aromatic heterocycles. The summed E-state index contributed by atoms with van der Waals surface area (Å²) >= 11 is 0. The van der Waals surface area contributed by atoms with Gasteiger partial charge in [-0.3, -0.25) is 4.98 Å². The molecule has 0 fully saturated rings. The van der Waals surface area contributed by atoms with Crippen molar-refractivity contribution in [2.75, 3.05) is 0 Å². The molecule has 0 radical (unpaired) electrons. The van der Waals surface area contributed by atoms with Crippen LogP contribution in [-0.2, 0) is 0 Å². The van der Waals surface area contributed by atoms with Crippen LogP contribution in [0.2, 0.25) is 0 Å². The van der Waals surface area contributed by atoms with E-state index in [-0.39, 0.29) is 0 Å². The van der Waals surface area contributed by atoms with Crippen LogP contribution in [0, 0.1) is 0 Å². The molecule has 4 heteroatoms. The van der Waals surface area contributed by atoms with Crippen LogP contribution in [0.25, 0.3) is 23.4 Å². The lowest BCUT2D eigenvalue weighted by Crippen LogP contribution is -1.78. The molecule has 2 heterocycles. The molecule has 3 aromatic rings. The maximum absolute atomic E-state index is 4.62. The lowest BCUT2D eigenvalue weighted by molar-refractivity contribution is 0.308. The molecule has 102 valence electrons. The van der Waals surface area contributed by atoms with E-state index < -0.39 is 0 Å². The molecular weight excluding hydrogens is 262 g/mol. The predicted molar refractivity (Wildman–Crippen MR) is 82.0 cm³/mol. The first kappa shape index (κ1) is 13.0. The summed E-state index contributed by atoms with van der Waals surface area (Å²) in [5.41, 5.74) is 3.73. The summed E-state index contributed by atoms with van der Waals surface area (Å²) in [6, 6.07) is 13.8. The van der Waals surface area contributed by atoms with E-state index in [1.165, 1.54) is 0 Å². The number of benzene rings is 1. The molecule has 21 heavy (non-hydrogen) atoms. The van der Waals surface area contributed by atoms with Crippen LogP contribution < -0.4 is 0 Å². The highest BCUT2D eigenvalue weighted by Gasteiger charge is 2.01. The molecule has 0 saturated heterocycles. The van der Waals surface area contributed by atoms with Crippen molar-refractivity contribution in [3.8, 4) is 11.3 Å². The Bertz CT molecular complexity index is 747. The van der Waals surface area contributed by atoms with Crippen LogP contribution in [0.4, 0.5) is 0 Å². The van der Waals surface area contributed by atoms with Crippen LogP contribution in [0.5, 0.6) is 0 Å². The van der Waals surface area contributed by atoms with Crippen molar-refractivity contribution in [3.63, 3.8) is 0 Å². The minimum absolute atomic E-state index is 0.731. The van der Waals surface area contributed by atoms with E-state index in [1.807, 2.05) is 66.8 Å². The molecule has 0 saturated carbocycles. The summed E-state index contributed by atoms with van der Waals surface area (Å²) in [5, 5.41) is 7.45. The summed E-state index contributed by atoms with van der Waals surface area (Å²) in [7, 11) is 0. The number of allylic oxidation sites excluding steroid dienone is 2. The molecule has 0 aliphatic rings.